The summed E-state index contributed by atoms with van der Waals surface area (Å²) in [6.07, 6.45) is 1.15. The molecular weight excluding hydrogens is 218 g/mol. The highest BCUT2D eigenvalue weighted by Gasteiger charge is 2.18. The van der Waals surface area contributed by atoms with E-state index in [2.05, 4.69) is 25.0 Å². The SMILES string of the molecule is C1CNCc2nnc(CN3CCOCC3)n2C1. The van der Waals surface area contributed by atoms with E-state index in [4.69, 9.17) is 4.74 Å². The van der Waals surface area contributed by atoms with Crippen molar-refractivity contribution >= 4 is 0 Å². The van der Waals surface area contributed by atoms with Gasteiger partial charge in [0.25, 0.3) is 0 Å². The Kier molecular flexibility index (Phi) is 3.35. The third-order valence-electron chi connectivity index (χ3n) is 3.39. The molecule has 0 aromatic carbocycles. The summed E-state index contributed by atoms with van der Waals surface area (Å²) in [4.78, 5) is 2.39. The zero-order chi connectivity index (χ0) is 11.5. The van der Waals surface area contributed by atoms with Crippen LogP contribution in [0.3, 0.4) is 0 Å². The molecule has 0 unspecified atom stereocenters. The summed E-state index contributed by atoms with van der Waals surface area (Å²) in [6, 6.07) is 0. The van der Waals surface area contributed by atoms with Crippen LogP contribution in [0.2, 0.25) is 0 Å². The Morgan fingerprint density at radius 1 is 1.18 bits per heavy atom. The molecule has 2 aliphatic heterocycles. The van der Waals surface area contributed by atoms with Crippen molar-refractivity contribution in [2.75, 3.05) is 32.8 Å². The number of nitrogens with zero attached hydrogens (tertiary/aromatic N) is 4. The van der Waals surface area contributed by atoms with Crippen molar-refractivity contribution in [1.82, 2.24) is 25.0 Å². The fourth-order valence-corrected chi connectivity index (χ4v) is 2.40. The maximum absolute atomic E-state index is 5.36. The van der Waals surface area contributed by atoms with Crippen molar-refractivity contribution in [3.05, 3.63) is 11.6 Å². The lowest BCUT2D eigenvalue weighted by Gasteiger charge is -2.26. The highest BCUT2D eigenvalue weighted by Crippen LogP contribution is 2.10. The number of rotatable bonds is 2. The lowest BCUT2D eigenvalue weighted by Crippen LogP contribution is -2.36. The quantitative estimate of drug-likeness (QED) is 0.759. The maximum atomic E-state index is 5.36. The first-order valence-corrected chi connectivity index (χ1v) is 6.35. The Morgan fingerprint density at radius 3 is 2.94 bits per heavy atom. The lowest BCUT2D eigenvalue weighted by molar-refractivity contribution is 0.0325. The Morgan fingerprint density at radius 2 is 2.06 bits per heavy atom. The van der Waals surface area contributed by atoms with E-state index in [0.29, 0.717) is 0 Å². The summed E-state index contributed by atoms with van der Waals surface area (Å²) >= 11 is 0. The van der Waals surface area contributed by atoms with Crippen LogP contribution in [0.4, 0.5) is 0 Å². The van der Waals surface area contributed by atoms with Crippen LogP contribution in [0.1, 0.15) is 18.1 Å². The van der Waals surface area contributed by atoms with E-state index in [1.54, 1.807) is 0 Å². The fourth-order valence-electron chi connectivity index (χ4n) is 2.40. The van der Waals surface area contributed by atoms with Gasteiger partial charge in [-0.25, -0.2) is 0 Å². The zero-order valence-electron chi connectivity index (χ0n) is 10.1. The number of aromatic nitrogens is 3. The Hall–Kier alpha value is -0.980. The van der Waals surface area contributed by atoms with Crippen molar-refractivity contribution in [2.45, 2.75) is 26.1 Å². The number of hydrogen-bond donors (Lipinski definition) is 1. The van der Waals surface area contributed by atoms with Gasteiger partial charge in [0.05, 0.1) is 26.3 Å². The molecule has 1 aromatic heterocycles. The number of hydrogen-bond acceptors (Lipinski definition) is 5. The van der Waals surface area contributed by atoms with E-state index in [9.17, 15) is 0 Å². The van der Waals surface area contributed by atoms with Gasteiger partial charge in [-0.1, -0.05) is 0 Å². The van der Waals surface area contributed by atoms with Gasteiger partial charge in [-0.05, 0) is 13.0 Å². The minimum atomic E-state index is 0.836. The Labute approximate surface area is 101 Å². The molecule has 0 radical (unpaired) electrons. The van der Waals surface area contributed by atoms with E-state index in [1.165, 1.54) is 0 Å². The first kappa shape index (κ1) is 11.1. The van der Waals surface area contributed by atoms with Crippen LogP contribution in [-0.2, 0) is 24.4 Å². The second-order valence-corrected chi connectivity index (χ2v) is 4.60. The molecule has 3 rings (SSSR count). The van der Waals surface area contributed by atoms with E-state index >= 15 is 0 Å². The van der Waals surface area contributed by atoms with Gasteiger partial charge in [0.2, 0.25) is 0 Å². The van der Waals surface area contributed by atoms with Gasteiger partial charge in [0.15, 0.2) is 0 Å². The van der Waals surface area contributed by atoms with Crippen molar-refractivity contribution in [3.63, 3.8) is 0 Å². The lowest BCUT2D eigenvalue weighted by atomic mass is 10.4. The first-order valence-electron chi connectivity index (χ1n) is 6.35. The van der Waals surface area contributed by atoms with Crippen LogP contribution in [0.25, 0.3) is 0 Å². The molecule has 2 aliphatic rings. The van der Waals surface area contributed by atoms with Crippen LogP contribution in [0, 0.1) is 0 Å². The summed E-state index contributed by atoms with van der Waals surface area (Å²) in [7, 11) is 0. The second kappa shape index (κ2) is 5.12. The Bertz CT molecular complexity index is 372. The fraction of sp³-hybridized carbons (Fsp3) is 0.818. The minimum Gasteiger partial charge on any atom is -0.379 e. The highest BCUT2D eigenvalue weighted by atomic mass is 16.5. The van der Waals surface area contributed by atoms with E-state index in [1.807, 2.05) is 0 Å². The molecule has 0 saturated carbocycles. The average Bonchev–Trinajstić information content (AvgIpc) is 2.61. The minimum absolute atomic E-state index is 0.836. The van der Waals surface area contributed by atoms with E-state index < -0.39 is 0 Å². The Balaban J connectivity index is 1.71. The molecule has 17 heavy (non-hydrogen) atoms. The molecule has 0 amide bonds. The predicted molar refractivity (Wildman–Crippen MR) is 62.4 cm³/mol. The number of ether oxygens (including phenoxy) is 1. The van der Waals surface area contributed by atoms with Gasteiger partial charge in [0.1, 0.15) is 11.6 Å². The predicted octanol–water partition coefficient (Wildman–Crippen LogP) is -0.396. The standard InChI is InChI=1S/C11H19N5O/c1-2-12-8-10-13-14-11(16(10)3-1)9-15-4-6-17-7-5-15/h12H,1-9H2. The molecule has 0 aliphatic carbocycles. The van der Waals surface area contributed by atoms with Gasteiger partial charge < -0.3 is 14.6 Å². The van der Waals surface area contributed by atoms with Crippen LogP contribution < -0.4 is 5.32 Å². The molecular formula is C11H19N5O. The topological polar surface area (TPSA) is 55.2 Å². The molecule has 94 valence electrons. The number of nitrogens with one attached hydrogen (secondary N) is 1. The van der Waals surface area contributed by atoms with E-state index in [-0.39, 0.29) is 0 Å². The van der Waals surface area contributed by atoms with Crippen molar-refractivity contribution in [1.29, 1.82) is 0 Å². The molecule has 1 fully saturated rings. The van der Waals surface area contributed by atoms with Crippen molar-refractivity contribution in [3.8, 4) is 0 Å². The molecule has 1 saturated heterocycles. The second-order valence-electron chi connectivity index (χ2n) is 4.60. The first-order chi connectivity index (χ1) is 8.43. The molecule has 3 heterocycles. The summed E-state index contributed by atoms with van der Waals surface area (Å²) < 4.78 is 7.63. The van der Waals surface area contributed by atoms with Crippen molar-refractivity contribution < 1.29 is 4.74 Å². The van der Waals surface area contributed by atoms with Crippen LogP contribution in [-0.4, -0.2) is 52.5 Å². The smallest absolute Gasteiger partial charge is 0.147 e. The third-order valence-corrected chi connectivity index (χ3v) is 3.39. The maximum Gasteiger partial charge on any atom is 0.147 e. The van der Waals surface area contributed by atoms with Crippen LogP contribution >= 0.6 is 0 Å². The molecule has 0 bridgehead atoms. The zero-order valence-corrected chi connectivity index (χ0v) is 10.1. The summed E-state index contributed by atoms with van der Waals surface area (Å²) in [5, 5.41) is 12.0. The molecule has 1 aromatic rings. The van der Waals surface area contributed by atoms with Gasteiger partial charge in [0, 0.05) is 19.6 Å². The molecule has 6 heteroatoms. The largest absolute Gasteiger partial charge is 0.379 e. The average molecular weight is 237 g/mol. The number of morpholine rings is 1. The van der Waals surface area contributed by atoms with E-state index in [0.717, 1.165) is 70.6 Å². The number of fused-ring (bicyclic) bond motifs is 1. The summed E-state index contributed by atoms with van der Waals surface area (Å²) in [6.45, 7) is 7.52. The molecule has 0 spiro atoms. The van der Waals surface area contributed by atoms with Crippen LogP contribution in [0.15, 0.2) is 0 Å². The van der Waals surface area contributed by atoms with Gasteiger partial charge in [-0.3, -0.25) is 4.90 Å². The van der Waals surface area contributed by atoms with Gasteiger partial charge in [-0.2, -0.15) is 0 Å². The molecule has 6 nitrogen and oxygen atoms in total. The molecule has 1 N–H and O–H groups in total. The van der Waals surface area contributed by atoms with Crippen molar-refractivity contribution in [2.24, 2.45) is 0 Å². The molecule has 0 atom stereocenters. The van der Waals surface area contributed by atoms with Gasteiger partial charge in [-0.15, -0.1) is 10.2 Å². The normalized spacial score (nSPS) is 22.1. The summed E-state index contributed by atoms with van der Waals surface area (Å²) in [5.74, 6) is 2.18. The monoisotopic (exact) mass is 237 g/mol. The third kappa shape index (κ3) is 2.48. The highest BCUT2D eigenvalue weighted by molar-refractivity contribution is 4.97. The van der Waals surface area contributed by atoms with Gasteiger partial charge >= 0.3 is 0 Å². The van der Waals surface area contributed by atoms with Crippen LogP contribution in [0.5, 0.6) is 0 Å². The summed E-state index contributed by atoms with van der Waals surface area (Å²) in [5.41, 5.74) is 0.